The molecule has 0 saturated carbocycles. The molecule has 0 fully saturated rings. The Kier molecular flexibility index (Phi) is 6.06. The Hall–Kier alpha value is -1.07. The fraction of sp³-hybridized carbons (Fsp3) is 0.250. The second kappa shape index (κ2) is 7.80. The summed E-state index contributed by atoms with van der Waals surface area (Å²) in [6, 6.07) is 13.5. The first-order chi connectivity index (χ1) is 10.2. The zero-order valence-corrected chi connectivity index (χ0v) is 14.1. The van der Waals surface area contributed by atoms with E-state index in [0.29, 0.717) is 5.02 Å². The highest BCUT2D eigenvalue weighted by Crippen LogP contribution is 2.31. The Labute approximate surface area is 138 Å². The van der Waals surface area contributed by atoms with Crippen molar-refractivity contribution in [2.45, 2.75) is 19.4 Å². The first-order valence-corrected chi connectivity index (χ1v) is 7.96. The van der Waals surface area contributed by atoms with Gasteiger partial charge in [0, 0.05) is 9.50 Å². The molecule has 0 aliphatic carbocycles. The molecule has 0 radical (unpaired) electrons. The minimum Gasteiger partial charge on any atom is -0.494 e. The Morgan fingerprint density at radius 3 is 2.52 bits per heavy atom. The highest BCUT2D eigenvalue weighted by atomic mass is 79.9. The molecular weight excluding hydrogens is 352 g/mol. The first-order valence-electron chi connectivity index (χ1n) is 6.79. The highest BCUT2D eigenvalue weighted by Gasteiger charge is 2.15. The minimum absolute atomic E-state index is 0.114. The molecule has 3 N–H and O–H groups in total. The maximum Gasteiger partial charge on any atom is 0.119 e. The van der Waals surface area contributed by atoms with Crippen molar-refractivity contribution in [3.63, 3.8) is 0 Å². The molecule has 0 bridgehead atoms. The number of hydrogen-bond acceptors (Lipinski definition) is 3. The predicted octanol–water partition coefficient (Wildman–Crippen LogP) is 4.44. The van der Waals surface area contributed by atoms with Crippen molar-refractivity contribution < 1.29 is 4.74 Å². The molecule has 2 rings (SSSR count). The molecule has 0 aliphatic rings. The molecule has 0 heterocycles. The number of halogens is 2. The lowest BCUT2D eigenvalue weighted by Gasteiger charge is -2.19. The molecule has 0 aliphatic heterocycles. The van der Waals surface area contributed by atoms with Gasteiger partial charge in [0.05, 0.1) is 12.6 Å². The van der Waals surface area contributed by atoms with Crippen LogP contribution in [0.2, 0.25) is 5.02 Å². The van der Waals surface area contributed by atoms with Crippen LogP contribution in [0.1, 0.15) is 30.5 Å². The molecule has 21 heavy (non-hydrogen) atoms. The van der Waals surface area contributed by atoms with Gasteiger partial charge < -0.3 is 4.74 Å². The number of hydrogen-bond donors (Lipinski definition) is 2. The van der Waals surface area contributed by atoms with Crippen LogP contribution >= 0.6 is 27.5 Å². The van der Waals surface area contributed by atoms with Crippen LogP contribution in [0.3, 0.4) is 0 Å². The van der Waals surface area contributed by atoms with Gasteiger partial charge in [-0.15, -0.1) is 0 Å². The Morgan fingerprint density at radius 1 is 1.24 bits per heavy atom. The van der Waals surface area contributed by atoms with Crippen molar-refractivity contribution in [3.8, 4) is 5.75 Å². The SMILES string of the molecule is CCCOc1ccc(C(NN)c2ccc(Cl)cc2Br)cc1. The van der Waals surface area contributed by atoms with Gasteiger partial charge in [-0.05, 0) is 41.8 Å². The predicted molar refractivity (Wildman–Crippen MR) is 90.5 cm³/mol. The normalized spacial score (nSPS) is 12.2. The second-order valence-electron chi connectivity index (χ2n) is 4.68. The fourth-order valence-electron chi connectivity index (χ4n) is 2.08. The molecule has 0 aromatic heterocycles. The monoisotopic (exact) mass is 368 g/mol. The summed E-state index contributed by atoms with van der Waals surface area (Å²) in [6.45, 7) is 2.81. The molecular formula is C16H18BrClN2O. The van der Waals surface area contributed by atoms with Gasteiger partial charge in [-0.25, -0.2) is 5.43 Å². The van der Waals surface area contributed by atoms with Gasteiger partial charge in [-0.1, -0.05) is 52.7 Å². The van der Waals surface area contributed by atoms with E-state index >= 15 is 0 Å². The standard InChI is InChI=1S/C16H18BrClN2O/c1-2-9-21-13-6-3-11(4-7-13)16(20-19)14-8-5-12(18)10-15(14)17/h3-8,10,16,20H,2,9,19H2,1H3. The van der Waals surface area contributed by atoms with Gasteiger partial charge in [0.15, 0.2) is 0 Å². The largest absolute Gasteiger partial charge is 0.494 e. The molecule has 1 atom stereocenters. The van der Waals surface area contributed by atoms with E-state index in [1.165, 1.54) is 0 Å². The lowest BCUT2D eigenvalue weighted by Crippen LogP contribution is -2.29. The Morgan fingerprint density at radius 2 is 1.95 bits per heavy atom. The van der Waals surface area contributed by atoms with Crippen molar-refractivity contribution in [2.75, 3.05) is 6.61 Å². The van der Waals surface area contributed by atoms with E-state index in [4.69, 9.17) is 22.2 Å². The smallest absolute Gasteiger partial charge is 0.119 e. The van der Waals surface area contributed by atoms with Crippen LogP contribution in [0, 0.1) is 0 Å². The van der Waals surface area contributed by atoms with Gasteiger partial charge in [0.25, 0.3) is 0 Å². The second-order valence-corrected chi connectivity index (χ2v) is 5.97. The van der Waals surface area contributed by atoms with Crippen LogP contribution in [-0.4, -0.2) is 6.61 Å². The average Bonchev–Trinajstić information content (AvgIpc) is 2.49. The van der Waals surface area contributed by atoms with Crippen molar-refractivity contribution in [1.29, 1.82) is 0 Å². The summed E-state index contributed by atoms with van der Waals surface area (Å²) < 4.78 is 6.51. The number of ether oxygens (including phenoxy) is 1. The first kappa shape index (κ1) is 16.3. The molecule has 0 spiro atoms. The van der Waals surface area contributed by atoms with Crippen LogP contribution < -0.4 is 16.0 Å². The Bertz CT molecular complexity index is 589. The van der Waals surface area contributed by atoms with Gasteiger partial charge >= 0.3 is 0 Å². The van der Waals surface area contributed by atoms with Crippen LogP contribution in [-0.2, 0) is 0 Å². The van der Waals surface area contributed by atoms with E-state index in [9.17, 15) is 0 Å². The molecule has 0 saturated heterocycles. The van der Waals surface area contributed by atoms with Gasteiger partial charge in [0.2, 0.25) is 0 Å². The van der Waals surface area contributed by atoms with Crippen molar-refractivity contribution >= 4 is 27.5 Å². The summed E-state index contributed by atoms with van der Waals surface area (Å²) in [5, 5.41) is 0.685. The van der Waals surface area contributed by atoms with Crippen LogP contribution in [0.25, 0.3) is 0 Å². The van der Waals surface area contributed by atoms with Crippen LogP contribution in [0.15, 0.2) is 46.9 Å². The number of nitrogens with one attached hydrogen (secondary N) is 1. The summed E-state index contributed by atoms with van der Waals surface area (Å²) in [4.78, 5) is 0. The van der Waals surface area contributed by atoms with Crippen molar-refractivity contribution in [1.82, 2.24) is 5.43 Å². The van der Waals surface area contributed by atoms with E-state index in [2.05, 4.69) is 28.3 Å². The van der Waals surface area contributed by atoms with E-state index < -0.39 is 0 Å². The van der Waals surface area contributed by atoms with E-state index in [1.54, 1.807) is 0 Å². The lowest BCUT2D eigenvalue weighted by molar-refractivity contribution is 0.317. The van der Waals surface area contributed by atoms with Gasteiger partial charge in [-0.2, -0.15) is 0 Å². The van der Waals surface area contributed by atoms with Crippen molar-refractivity contribution in [2.24, 2.45) is 5.84 Å². The average molecular weight is 370 g/mol. The summed E-state index contributed by atoms with van der Waals surface area (Å²) in [7, 11) is 0. The van der Waals surface area contributed by atoms with Crippen molar-refractivity contribution in [3.05, 3.63) is 63.1 Å². The molecule has 0 amide bonds. The molecule has 2 aromatic carbocycles. The van der Waals surface area contributed by atoms with Gasteiger partial charge in [-0.3, -0.25) is 5.84 Å². The lowest BCUT2D eigenvalue weighted by atomic mass is 9.99. The quantitative estimate of drug-likeness (QED) is 0.584. The number of nitrogens with two attached hydrogens (primary N) is 1. The third-order valence-electron chi connectivity index (χ3n) is 3.13. The molecule has 2 aromatic rings. The van der Waals surface area contributed by atoms with Gasteiger partial charge in [0.1, 0.15) is 5.75 Å². The van der Waals surface area contributed by atoms with Crippen LogP contribution in [0.4, 0.5) is 0 Å². The van der Waals surface area contributed by atoms with E-state index in [1.807, 2.05) is 42.5 Å². The summed E-state index contributed by atoms with van der Waals surface area (Å²) in [5.74, 6) is 6.59. The number of benzene rings is 2. The maximum absolute atomic E-state index is 5.98. The topological polar surface area (TPSA) is 47.3 Å². The molecule has 3 nitrogen and oxygen atoms in total. The zero-order valence-electron chi connectivity index (χ0n) is 11.8. The van der Waals surface area contributed by atoms with E-state index in [-0.39, 0.29) is 6.04 Å². The number of rotatable bonds is 6. The van der Waals surface area contributed by atoms with E-state index in [0.717, 1.165) is 34.4 Å². The third kappa shape index (κ3) is 4.20. The maximum atomic E-state index is 5.98. The minimum atomic E-state index is -0.114. The third-order valence-corrected chi connectivity index (χ3v) is 4.05. The summed E-state index contributed by atoms with van der Waals surface area (Å²) in [6.07, 6.45) is 0.993. The number of hydrazine groups is 1. The highest BCUT2D eigenvalue weighted by molar-refractivity contribution is 9.10. The fourth-order valence-corrected chi connectivity index (χ4v) is 2.99. The molecule has 5 heteroatoms. The zero-order chi connectivity index (χ0) is 15.2. The summed E-state index contributed by atoms with van der Waals surface area (Å²) in [5.41, 5.74) is 4.93. The molecule has 1 unspecified atom stereocenters. The summed E-state index contributed by atoms with van der Waals surface area (Å²) >= 11 is 9.51. The molecule has 112 valence electrons. The Balaban J connectivity index is 2.24. The van der Waals surface area contributed by atoms with Crippen LogP contribution in [0.5, 0.6) is 5.75 Å².